The van der Waals surface area contributed by atoms with Gasteiger partial charge in [0.1, 0.15) is 5.60 Å². The van der Waals surface area contributed by atoms with Crippen LogP contribution in [0.1, 0.15) is 20.8 Å². The van der Waals surface area contributed by atoms with Gasteiger partial charge in [0.05, 0.1) is 6.54 Å². The molecule has 1 heterocycles. The van der Waals surface area contributed by atoms with Crippen molar-refractivity contribution in [1.82, 2.24) is 5.32 Å². The van der Waals surface area contributed by atoms with E-state index in [0.717, 1.165) is 6.54 Å². The van der Waals surface area contributed by atoms with Crippen molar-refractivity contribution in [2.75, 3.05) is 13.1 Å². The minimum Gasteiger partial charge on any atom is -0.454 e. The lowest BCUT2D eigenvalue weighted by Crippen LogP contribution is -2.34. The minimum absolute atomic E-state index is 0.352. The van der Waals surface area contributed by atoms with Gasteiger partial charge in [-0.05, 0) is 20.8 Å². The summed E-state index contributed by atoms with van der Waals surface area (Å²) in [4.78, 5) is 15.2. The molecule has 1 N–H and O–H groups in total. The Labute approximate surface area is 72.0 Å². The number of nitrogens with zero attached hydrogens (tertiary/aromatic N) is 1. The number of ether oxygens (including phenoxy) is 1. The Morgan fingerprint density at radius 2 is 2.25 bits per heavy atom. The van der Waals surface area contributed by atoms with E-state index >= 15 is 0 Å². The number of hydrogen-bond donors (Lipinski definition) is 1. The Morgan fingerprint density at radius 1 is 1.58 bits per heavy atom. The number of aliphatic imine (C=N–C) groups is 1. The summed E-state index contributed by atoms with van der Waals surface area (Å²) in [6.45, 7) is 6.89. The van der Waals surface area contributed by atoms with Crippen molar-refractivity contribution >= 4 is 11.8 Å². The van der Waals surface area contributed by atoms with Gasteiger partial charge in [0.25, 0.3) is 0 Å². The largest absolute Gasteiger partial charge is 0.454 e. The first-order valence-corrected chi connectivity index (χ1v) is 4.01. The topological polar surface area (TPSA) is 50.7 Å². The fraction of sp³-hybridized carbons (Fsp3) is 0.750. The third kappa shape index (κ3) is 2.53. The monoisotopic (exact) mass is 170 g/mol. The molecule has 1 aliphatic heterocycles. The van der Waals surface area contributed by atoms with Gasteiger partial charge in [-0.1, -0.05) is 0 Å². The molecule has 0 fully saturated rings. The molecule has 0 atom stereocenters. The zero-order valence-electron chi connectivity index (χ0n) is 7.68. The molecule has 0 aliphatic carbocycles. The van der Waals surface area contributed by atoms with Gasteiger partial charge in [0.15, 0.2) is 0 Å². The first-order valence-electron chi connectivity index (χ1n) is 4.01. The predicted molar refractivity (Wildman–Crippen MR) is 46.1 cm³/mol. The number of carbonyl (C=O) groups excluding carboxylic acids is 1. The van der Waals surface area contributed by atoms with E-state index in [1.165, 1.54) is 0 Å². The van der Waals surface area contributed by atoms with Crippen LogP contribution >= 0.6 is 0 Å². The van der Waals surface area contributed by atoms with Crippen LogP contribution in [-0.4, -0.2) is 30.5 Å². The van der Waals surface area contributed by atoms with Gasteiger partial charge in [-0.3, -0.25) is 4.99 Å². The van der Waals surface area contributed by atoms with Crippen LogP contribution in [0, 0.1) is 0 Å². The maximum absolute atomic E-state index is 11.2. The number of esters is 1. The molecule has 12 heavy (non-hydrogen) atoms. The smallest absolute Gasteiger partial charge is 0.374 e. The van der Waals surface area contributed by atoms with Crippen LogP contribution in [0.5, 0.6) is 0 Å². The van der Waals surface area contributed by atoms with Crippen molar-refractivity contribution in [3.05, 3.63) is 0 Å². The normalized spacial score (nSPS) is 16.8. The van der Waals surface area contributed by atoms with Crippen molar-refractivity contribution < 1.29 is 9.53 Å². The number of amidine groups is 1. The van der Waals surface area contributed by atoms with Crippen LogP contribution in [0.3, 0.4) is 0 Å². The average molecular weight is 170 g/mol. The first-order chi connectivity index (χ1) is 5.49. The summed E-state index contributed by atoms with van der Waals surface area (Å²) in [5.74, 6) is -0.00933. The second-order valence-corrected chi connectivity index (χ2v) is 3.66. The maximum atomic E-state index is 11.2. The van der Waals surface area contributed by atoms with E-state index in [9.17, 15) is 4.79 Å². The summed E-state index contributed by atoms with van der Waals surface area (Å²) < 4.78 is 5.09. The van der Waals surface area contributed by atoms with Gasteiger partial charge in [0, 0.05) is 6.54 Å². The number of hydrogen-bond acceptors (Lipinski definition) is 4. The van der Waals surface area contributed by atoms with Crippen LogP contribution in [-0.2, 0) is 9.53 Å². The average Bonchev–Trinajstić information content (AvgIpc) is 2.32. The molecule has 0 radical (unpaired) electrons. The molecular weight excluding hydrogens is 156 g/mol. The van der Waals surface area contributed by atoms with Crippen LogP contribution in [0.25, 0.3) is 0 Å². The van der Waals surface area contributed by atoms with Crippen molar-refractivity contribution in [3.63, 3.8) is 0 Å². The molecule has 1 rings (SSSR count). The Balaban J connectivity index is 2.49. The molecule has 68 valence electrons. The third-order valence-corrected chi connectivity index (χ3v) is 1.27. The highest BCUT2D eigenvalue weighted by molar-refractivity contribution is 6.35. The van der Waals surface area contributed by atoms with Gasteiger partial charge in [-0.25, -0.2) is 4.79 Å². The lowest BCUT2D eigenvalue weighted by molar-refractivity contribution is -0.146. The number of rotatable bonds is 1. The Kier molecular flexibility index (Phi) is 2.35. The van der Waals surface area contributed by atoms with Gasteiger partial charge in [-0.2, -0.15) is 0 Å². The molecule has 0 unspecified atom stereocenters. The lowest BCUT2D eigenvalue weighted by Gasteiger charge is -2.19. The second kappa shape index (κ2) is 3.13. The predicted octanol–water partition coefficient (Wildman–Crippen LogP) is 0.330. The molecule has 4 heteroatoms. The van der Waals surface area contributed by atoms with Crippen LogP contribution in [0.4, 0.5) is 0 Å². The van der Waals surface area contributed by atoms with Crippen molar-refractivity contribution in [2.24, 2.45) is 4.99 Å². The van der Waals surface area contributed by atoms with E-state index in [1.54, 1.807) is 0 Å². The van der Waals surface area contributed by atoms with E-state index in [2.05, 4.69) is 10.3 Å². The number of carbonyl (C=O) groups is 1. The molecule has 0 aromatic heterocycles. The highest BCUT2D eigenvalue weighted by atomic mass is 16.6. The van der Waals surface area contributed by atoms with E-state index in [0.29, 0.717) is 12.4 Å². The van der Waals surface area contributed by atoms with Gasteiger partial charge in [-0.15, -0.1) is 0 Å². The highest BCUT2D eigenvalue weighted by Gasteiger charge is 2.22. The third-order valence-electron chi connectivity index (χ3n) is 1.27. The van der Waals surface area contributed by atoms with Gasteiger partial charge < -0.3 is 10.1 Å². The molecule has 4 nitrogen and oxygen atoms in total. The number of nitrogens with one attached hydrogen (secondary N) is 1. The van der Waals surface area contributed by atoms with E-state index < -0.39 is 5.60 Å². The fourth-order valence-corrected chi connectivity index (χ4v) is 0.861. The zero-order valence-corrected chi connectivity index (χ0v) is 7.68. The summed E-state index contributed by atoms with van der Waals surface area (Å²) in [6.07, 6.45) is 0. The summed E-state index contributed by atoms with van der Waals surface area (Å²) >= 11 is 0. The van der Waals surface area contributed by atoms with Gasteiger partial charge in [0.2, 0.25) is 5.84 Å². The molecular formula is C8H14N2O2. The summed E-state index contributed by atoms with van der Waals surface area (Å²) in [5, 5.41) is 2.85. The molecule has 0 saturated heterocycles. The molecule has 0 spiro atoms. The SMILES string of the molecule is CC(C)(C)OC(=O)C1=NCCN1. The Bertz CT molecular complexity index is 216. The first kappa shape index (κ1) is 9.03. The van der Waals surface area contributed by atoms with E-state index in [-0.39, 0.29) is 5.97 Å². The molecule has 0 amide bonds. The highest BCUT2D eigenvalue weighted by Crippen LogP contribution is 2.07. The lowest BCUT2D eigenvalue weighted by atomic mass is 10.2. The Hall–Kier alpha value is -1.06. The maximum Gasteiger partial charge on any atom is 0.374 e. The second-order valence-electron chi connectivity index (χ2n) is 3.66. The quantitative estimate of drug-likeness (QED) is 0.577. The van der Waals surface area contributed by atoms with Gasteiger partial charge >= 0.3 is 5.97 Å². The van der Waals surface area contributed by atoms with E-state index in [4.69, 9.17) is 4.74 Å². The zero-order chi connectivity index (χ0) is 9.19. The summed E-state index contributed by atoms with van der Waals surface area (Å²) in [7, 11) is 0. The van der Waals surface area contributed by atoms with E-state index in [1.807, 2.05) is 20.8 Å². The summed E-state index contributed by atoms with van der Waals surface area (Å²) in [6, 6.07) is 0. The van der Waals surface area contributed by atoms with Crippen molar-refractivity contribution in [3.8, 4) is 0 Å². The summed E-state index contributed by atoms with van der Waals surface area (Å²) in [5.41, 5.74) is -0.441. The molecule has 0 bridgehead atoms. The molecule has 0 saturated carbocycles. The van der Waals surface area contributed by atoms with Crippen LogP contribution < -0.4 is 5.32 Å². The van der Waals surface area contributed by atoms with Crippen molar-refractivity contribution in [1.29, 1.82) is 0 Å². The van der Waals surface area contributed by atoms with Crippen LogP contribution in [0.2, 0.25) is 0 Å². The standard InChI is InChI=1S/C8H14N2O2/c1-8(2,3)12-7(11)6-9-4-5-10-6/h4-5H2,1-3H3,(H,9,10). The molecule has 0 aromatic rings. The molecule has 1 aliphatic rings. The Morgan fingerprint density at radius 3 is 2.67 bits per heavy atom. The molecule has 0 aromatic carbocycles. The minimum atomic E-state index is -0.441. The fourth-order valence-electron chi connectivity index (χ4n) is 0.861. The van der Waals surface area contributed by atoms with Crippen LogP contribution in [0.15, 0.2) is 4.99 Å². The van der Waals surface area contributed by atoms with Crippen molar-refractivity contribution in [2.45, 2.75) is 26.4 Å².